The third kappa shape index (κ3) is 3.13. The van der Waals surface area contributed by atoms with E-state index >= 15 is 0 Å². The van der Waals surface area contributed by atoms with Gasteiger partial charge in [0.1, 0.15) is 5.75 Å². The molecule has 0 amide bonds. The molecule has 0 aliphatic carbocycles. The molecule has 0 spiro atoms. The van der Waals surface area contributed by atoms with Crippen molar-refractivity contribution in [3.63, 3.8) is 0 Å². The van der Waals surface area contributed by atoms with Crippen LogP contribution < -0.4 is 4.74 Å². The predicted molar refractivity (Wildman–Crippen MR) is 94.8 cm³/mol. The van der Waals surface area contributed by atoms with Gasteiger partial charge in [0.25, 0.3) is 0 Å². The Labute approximate surface area is 144 Å². The van der Waals surface area contributed by atoms with Gasteiger partial charge in [-0.05, 0) is 49.4 Å². The number of hydrogen-bond donors (Lipinski definition) is 0. The van der Waals surface area contributed by atoms with Crippen LogP contribution in [0.1, 0.15) is 42.1 Å². The Morgan fingerprint density at radius 3 is 2.83 bits per heavy atom. The first-order chi connectivity index (χ1) is 11.7. The zero-order valence-corrected chi connectivity index (χ0v) is 14.6. The van der Waals surface area contributed by atoms with E-state index in [1.54, 1.807) is 0 Å². The summed E-state index contributed by atoms with van der Waals surface area (Å²) in [4.78, 5) is 15.8. The zero-order chi connectivity index (χ0) is 17.0. The number of carbonyl (C=O) groups is 1. The Hall–Kier alpha value is -1.65. The first kappa shape index (κ1) is 17.2. The van der Waals surface area contributed by atoms with Crippen LogP contribution in [0.5, 0.6) is 5.75 Å². The molecule has 4 nitrogen and oxygen atoms in total. The van der Waals surface area contributed by atoms with Crippen LogP contribution in [0.2, 0.25) is 0 Å². The normalized spacial score (nSPS) is 20.5. The number of fused-ring (bicyclic) bond motifs is 1. The summed E-state index contributed by atoms with van der Waals surface area (Å²) in [5.41, 5.74) is 1.42. The van der Waals surface area contributed by atoms with E-state index in [0.717, 1.165) is 55.8 Å². The van der Waals surface area contributed by atoms with E-state index in [1.807, 2.05) is 24.3 Å². The van der Waals surface area contributed by atoms with Crippen LogP contribution in [-0.2, 0) is 11.2 Å². The molecule has 24 heavy (non-hydrogen) atoms. The molecular formula is C20H27NO3. The topological polar surface area (TPSA) is 38.8 Å². The minimum atomic E-state index is -0.519. The van der Waals surface area contributed by atoms with Crippen LogP contribution in [0.4, 0.5) is 0 Å². The molecule has 1 saturated heterocycles. The van der Waals surface area contributed by atoms with Crippen LogP contribution in [-0.4, -0.2) is 49.1 Å². The first-order valence-electron chi connectivity index (χ1n) is 8.95. The highest BCUT2D eigenvalue weighted by Gasteiger charge is 2.42. The average molecular weight is 329 g/mol. The maximum atomic E-state index is 13.5. The van der Waals surface area contributed by atoms with E-state index in [9.17, 15) is 4.79 Å². The number of nitrogens with zero attached hydrogens (tertiary/aromatic N) is 1. The second-order valence-corrected chi connectivity index (χ2v) is 6.58. The first-order valence-corrected chi connectivity index (χ1v) is 8.95. The summed E-state index contributed by atoms with van der Waals surface area (Å²) in [6.45, 7) is 9.72. The minimum absolute atomic E-state index is 0.195. The van der Waals surface area contributed by atoms with Gasteiger partial charge in [-0.2, -0.15) is 0 Å². The lowest BCUT2D eigenvalue weighted by Crippen LogP contribution is -2.57. The second-order valence-electron chi connectivity index (χ2n) is 6.58. The van der Waals surface area contributed by atoms with Crippen LogP contribution >= 0.6 is 0 Å². The molecule has 4 heteroatoms. The number of ketones is 1. The molecular weight excluding hydrogens is 302 g/mol. The van der Waals surface area contributed by atoms with Crippen LogP contribution in [0, 0.1) is 0 Å². The molecule has 0 aromatic heterocycles. The van der Waals surface area contributed by atoms with Gasteiger partial charge >= 0.3 is 0 Å². The Bertz CT molecular complexity index is 607. The number of benzene rings is 1. The summed E-state index contributed by atoms with van der Waals surface area (Å²) < 4.78 is 11.2. The van der Waals surface area contributed by atoms with E-state index in [2.05, 4.69) is 18.4 Å². The van der Waals surface area contributed by atoms with Gasteiger partial charge < -0.3 is 9.47 Å². The maximum absolute atomic E-state index is 13.5. The highest BCUT2D eigenvalue weighted by Crippen LogP contribution is 2.33. The number of rotatable bonds is 6. The molecule has 0 saturated carbocycles. The smallest absolute Gasteiger partial charge is 0.183 e. The summed E-state index contributed by atoms with van der Waals surface area (Å²) in [5, 5.41) is 0. The monoisotopic (exact) mass is 329 g/mol. The summed E-state index contributed by atoms with van der Waals surface area (Å²) in [5.74, 6) is 1.12. The largest absolute Gasteiger partial charge is 0.493 e. The minimum Gasteiger partial charge on any atom is -0.493 e. The van der Waals surface area contributed by atoms with Crippen LogP contribution in [0.25, 0.3) is 0 Å². The van der Waals surface area contributed by atoms with Crippen molar-refractivity contribution in [2.24, 2.45) is 0 Å². The maximum Gasteiger partial charge on any atom is 0.183 e. The number of ether oxygens (including phenoxy) is 2. The fourth-order valence-electron chi connectivity index (χ4n) is 3.89. The number of Topliss-reactive ketones (excluding diaryl/α,β-unsaturated/α-hetero) is 1. The fraction of sp³-hybridized carbons (Fsp3) is 0.550. The van der Waals surface area contributed by atoms with Crippen molar-refractivity contribution >= 4 is 5.78 Å². The molecule has 1 fully saturated rings. The summed E-state index contributed by atoms with van der Waals surface area (Å²) in [6, 6.07) is 5.90. The lowest BCUT2D eigenvalue weighted by molar-refractivity contribution is -0.0154. The molecule has 2 aliphatic rings. The van der Waals surface area contributed by atoms with Gasteiger partial charge in [0.2, 0.25) is 0 Å². The molecule has 1 aromatic rings. The molecule has 1 atom stereocenters. The molecule has 2 aliphatic heterocycles. The molecule has 2 heterocycles. The summed E-state index contributed by atoms with van der Waals surface area (Å²) >= 11 is 0. The van der Waals surface area contributed by atoms with Gasteiger partial charge in [-0.1, -0.05) is 13.0 Å². The molecule has 0 radical (unpaired) electrons. The van der Waals surface area contributed by atoms with Gasteiger partial charge in [0.15, 0.2) is 5.78 Å². The average Bonchev–Trinajstić information content (AvgIpc) is 2.66. The molecule has 1 unspecified atom stereocenters. The van der Waals surface area contributed by atoms with Crippen molar-refractivity contribution in [2.75, 3.05) is 32.9 Å². The standard InChI is InChI=1S/C20H27NO3/c1-3-9-20(4-2,21-10-13-23-14-11-21)19(22)17-7-8-18-16(15-17)6-5-12-24-18/h3,7-8,15H,1,4-6,9-14H2,2H3. The van der Waals surface area contributed by atoms with Gasteiger partial charge in [-0.3, -0.25) is 9.69 Å². The van der Waals surface area contributed by atoms with Crippen molar-refractivity contribution < 1.29 is 14.3 Å². The number of aryl methyl sites for hydroxylation is 1. The van der Waals surface area contributed by atoms with Crippen LogP contribution in [0.3, 0.4) is 0 Å². The number of carbonyl (C=O) groups excluding carboxylic acids is 1. The highest BCUT2D eigenvalue weighted by atomic mass is 16.5. The van der Waals surface area contributed by atoms with Crippen molar-refractivity contribution in [3.8, 4) is 5.75 Å². The van der Waals surface area contributed by atoms with E-state index in [0.29, 0.717) is 19.6 Å². The van der Waals surface area contributed by atoms with Gasteiger partial charge in [-0.15, -0.1) is 6.58 Å². The van der Waals surface area contributed by atoms with E-state index in [1.165, 1.54) is 0 Å². The van der Waals surface area contributed by atoms with Gasteiger partial charge in [0.05, 0.1) is 25.4 Å². The summed E-state index contributed by atoms with van der Waals surface area (Å²) in [7, 11) is 0. The molecule has 3 rings (SSSR count). The van der Waals surface area contributed by atoms with E-state index < -0.39 is 5.54 Å². The molecule has 130 valence electrons. The predicted octanol–water partition coefficient (Wildman–Crippen LogP) is 3.25. The lowest BCUT2D eigenvalue weighted by atomic mass is 9.81. The number of morpholine rings is 1. The van der Waals surface area contributed by atoms with E-state index in [4.69, 9.17) is 9.47 Å². The van der Waals surface area contributed by atoms with Gasteiger partial charge in [-0.25, -0.2) is 0 Å². The quantitative estimate of drug-likeness (QED) is 0.593. The summed E-state index contributed by atoms with van der Waals surface area (Å²) in [6.07, 6.45) is 5.30. The number of hydrogen-bond acceptors (Lipinski definition) is 4. The van der Waals surface area contributed by atoms with Crippen molar-refractivity contribution in [2.45, 2.75) is 38.1 Å². The van der Waals surface area contributed by atoms with Crippen molar-refractivity contribution in [3.05, 3.63) is 42.0 Å². The Morgan fingerprint density at radius 1 is 1.33 bits per heavy atom. The Morgan fingerprint density at radius 2 is 2.12 bits per heavy atom. The Kier molecular flexibility index (Phi) is 5.36. The second kappa shape index (κ2) is 7.49. The third-order valence-electron chi connectivity index (χ3n) is 5.28. The molecule has 0 bridgehead atoms. The van der Waals surface area contributed by atoms with Gasteiger partial charge in [0, 0.05) is 18.7 Å². The zero-order valence-electron chi connectivity index (χ0n) is 14.6. The van der Waals surface area contributed by atoms with Crippen molar-refractivity contribution in [1.82, 2.24) is 4.90 Å². The van der Waals surface area contributed by atoms with E-state index in [-0.39, 0.29) is 5.78 Å². The Balaban J connectivity index is 1.94. The van der Waals surface area contributed by atoms with Crippen LogP contribution in [0.15, 0.2) is 30.9 Å². The SMILES string of the molecule is C=CCC(CC)(C(=O)c1ccc2c(c1)CCCO2)N1CCOCC1. The fourth-order valence-corrected chi connectivity index (χ4v) is 3.89. The lowest BCUT2D eigenvalue weighted by Gasteiger charge is -2.44. The molecule has 0 N–H and O–H groups in total. The highest BCUT2D eigenvalue weighted by molar-refractivity contribution is 6.03. The third-order valence-corrected chi connectivity index (χ3v) is 5.28. The van der Waals surface area contributed by atoms with Crippen molar-refractivity contribution in [1.29, 1.82) is 0 Å². The molecule has 1 aromatic carbocycles.